The van der Waals surface area contributed by atoms with Crippen LogP contribution in [-0.4, -0.2) is 43.7 Å². The van der Waals surface area contributed by atoms with Gasteiger partial charge in [-0.3, -0.25) is 4.90 Å². The number of hydrogen-bond donors (Lipinski definition) is 1. The molecule has 0 unspecified atom stereocenters. The maximum Gasteiger partial charge on any atom is 0.214 e. The number of hydrogen-bond acceptors (Lipinski definition) is 3. The minimum atomic E-state index is -3.26. The maximum atomic E-state index is 12.4. The summed E-state index contributed by atoms with van der Waals surface area (Å²) in [5.41, 5.74) is 1.06. The van der Waals surface area contributed by atoms with Crippen LogP contribution in [-0.2, 0) is 16.4 Å². The summed E-state index contributed by atoms with van der Waals surface area (Å²) < 4.78 is 27.6. The van der Waals surface area contributed by atoms with Crippen molar-refractivity contribution in [2.24, 2.45) is 0 Å². The molecule has 0 saturated carbocycles. The van der Waals surface area contributed by atoms with Gasteiger partial charge in [0.2, 0.25) is 10.0 Å². The standard InChI is InChI=1S/C19H32N2O2S/c1-16-9-7-10-17(2)21(16)14-8-13-20-24(22,23)18(3)15-19-11-5-4-6-12-19/h4-6,11-12,16-18,20H,7-10,13-15H2,1-3H3/t16-,17+,18-/m1/s1. The predicted octanol–water partition coefficient (Wildman–Crippen LogP) is 3.19. The van der Waals surface area contributed by atoms with Crippen molar-refractivity contribution in [1.29, 1.82) is 0 Å². The Morgan fingerprint density at radius 1 is 1.17 bits per heavy atom. The number of sulfonamides is 1. The van der Waals surface area contributed by atoms with Crippen LogP contribution in [0.3, 0.4) is 0 Å². The van der Waals surface area contributed by atoms with Gasteiger partial charge in [-0.2, -0.15) is 0 Å². The Morgan fingerprint density at radius 3 is 2.42 bits per heavy atom. The molecule has 0 aliphatic carbocycles. The summed E-state index contributed by atoms with van der Waals surface area (Å²) in [6, 6.07) is 11.0. The normalized spacial score (nSPS) is 24.0. The third-order valence-corrected chi connectivity index (χ3v) is 7.00. The fourth-order valence-corrected chi connectivity index (χ4v) is 4.71. The van der Waals surface area contributed by atoms with Crippen LogP contribution in [0.1, 0.15) is 52.0 Å². The molecule has 1 saturated heterocycles. The molecule has 0 amide bonds. The molecule has 3 atom stereocenters. The Balaban J connectivity index is 1.76. The first-order chi connectivity index (χ1) is 11.4. The summed E-state index contributed by atoms with van der Waals surface area (Å²) >= 11 is 0. The van der Waals surface area contributed by atoms with E-state index in [9.17, 15) is 8.42 Å². The van der Waals surface area contributed by atoms with Crippen LogP contribution in [0.4, 0.5) is 0 Å². The summed E-state index contributed by atoms with van der Waals surface area (Å²) in [7, 11) is -3.26. The summed E-state index contributed by atoms with van der Waals surface area (Å²) in [5.74, 6) is 0. The predicted molar refractivity (Wildman–Crippen MR) is 101 cm³/mol. The molecule has 1 aromatic carbocycles. The Kier molecular flexibility index (Phi) is 7.26. The van der Waals surface area contributed by atoms with Gasteiger partial charge < -0.3 is 0 Å². The van der Waals surface area contributed by atoms with Crippen LogP contribution < -0.4 is 4.72 Å². The van der Waals surface area contributed by atoms with Crippen molar-refractivity contribution in [2.75, 3.05) is 13.1 Å². The van der Waals surface area contributed by atoms with E-state index in [1.165, 1.54) is 19.3 Å². The summed E-state index contributed by atoms with van der Waals surface area (Å²) in [6.45, 7) is 7.84. The van der Waals surface area contributed by atoms with E-state index in [0.29, 0.717) is 25.0 Å². The van der Waals surface area contributed by atoms with Crippen molar-refractivity contribution < 1.29 is 8.42 Å². The van der Waals surface area contributed by atoms with E-state index < -0.39 is 15.3 Å². The molecule has 2 rings (SSSR count). The molecule has 1 heterocycles. The Labute approximate surface area is 147 Å². The molecule has 1 fully saturated rings. The molecule has 1 aliphatic heterocycles. The van der Waals surface area contributed by atoms with Gasteiger partial charge in [-0.25, -0.2) is 13.1 Å². The first-order valence-corrected chi connectivity index (χ1v) is 10.7. The molecule has 24 heavy (non-hydrogen) atoms. The van der Waals surface area contributed by atoms with E-state index in [4.69, 9.17) is 0 Å². The van der Waals surface area contributed by atoms with Crippen LogP contribution in [0.2, 0.25) is 0 Å². The molecule has 1 N–H and O–H groups in total. The molecule has 4 nitrogen and oxygen atoms in total. The summed E-state index contributed by atoms with van der Waals surface area (Å²) in [6.07, 6.45) is 5.24. The first-order valence-electron chi connectivity index (χ1n) is 9.18. The van der Waals surface area contributed by atoms with Crippen LogP contribution in [0, 0.1) is 0 Å². The zero-order valence-electron chi connectivity index (χ0n) is 15.2. The second-order valence-electron chi connectivity index (χ2n) is 7.16. The average molecular weight is 353 g/mol. The van der Waals surface area contributed by atoms with Crippen molar-refractivity contribution in [3.8, 4) is 0 Å². The van der Waals surface area contributed by atoms with Crippen molar-refractivity contribution >= 4 is 10.0 Å². The van der Waals surface area contributed by atoms with Crippen molar-refractivity contribution in [3.05, 3.63) is 35.9 Å². The van der Waals surface area contributed by atoms with Gasteiger partial charge in [-0.1, -0.05) is 36.8 Å². The molecule has 1 aliphatic rings. The SMILES string of the molecule is C[C@@H]1CCC[C@H](C)N1CCCNS(=O)(=O)[C@H](C)Cc1ccccc1. The summed E-state index contributed by atoms with van der Waals surface area (Å²) in [4.78, 5) is 2.52. The van der Waals surface area contributed by atoms with Crippen molar-refractivity contribution in [1.82, 2.24) is 9.62 Å². The number of likely N-dealkylation sites (tertiary alicyclic amines) is 1. The van der Waals surface area contributed by atoms with E-state index in [0.717, 1.165) is 18.5 Å². The van der Waals surface area contributed by atoms with Gasteiger partial charge in [-0.15, -0.1) is 0 Å². The fourth-order valence-electron chi connectivity index (χ4n) is 3.59. The lowest BCUT2D eigenvalue weighted by molar-refractivity contribution is 0.103. The molecule has 0 radical (unpaired) electrons. The van der Waals surface area contributed by atoms with Gasteiger partial charge >= 0.3 is 0 Å². The minimum Gasteiger partial charge on any atom is -0.298 e. The zero-order chi connectivity index (χ0) is 17.6. The van der Waals surface area contributed by atoms with Gasteiger partial charge in [0, 0.05) is 18.6 Å². The van der Waals surface area contributed by atoms with E-state index in [1.807, 2.05) is 30.3 Å². The van der Waals surface area contributed by atoms with Gasteiger partial charge in [0.1, 0.15) is 0 Å². The Morgan fingerprint density at radius 2 is 1.79 bits per heavy atom. The lowest BCUT2D eigenvalue weighted by atomic mass is 9.97. The van der Waals surface area contributed by atoms with E-state index in [2.05, 4.69) is 23.5 Å². The molecule has 0 aromatic heterocycles. The highest BCUT2D eigenvalue weighted by atomic mass is 32.2. The van der Waals surface area contributed by atoms with Gasteiger partial charge in [0.15, 0.2) is 0 Å². The highest BCUT2D eigenvalue weighted by Crippen LogP contribution is 2.22. The third kappa shape index (κ3) is 5.57. The highest BCUT2D eigenvalue weighted by molar-refractivity contribution is 7.90. The van der Waals surface area contributed by atoms with E-state index in [1.54, 1.807) is 6.92 Å². The number of benzene rings is 1. The zero-order valence-corrected chi connectivity index (χ0v) is 16.1. The second kappa shape index (κ2) is 8.97. The molecule has 1 aromatic rings. The smallest absolute Gasteiger partial charge is 0.214 e. The fraction of sp³-hybridized carbons (Fsp3) is 0.684. The summed E-state index contributed by atoms with van der Waals surface area (Å²) in [5, 5.41) is -0.410. The quantitative estimate of drug-likeness (QED) is 0.731. The van der Waals surface area contributed by atoms with Crippen LogP contribution in [0.5, 0.6) is 0 Å². The lowest BCUT2D eigenvalue weighted by Gasteiger charge is -2.39. The molecule has 0 bridgehead atoms. The molecule has 0 spiro atoms. The number of nitrogens with one attached hydrogen (secondary N) is 1. The molecule has 5 heteroatoms. The monoisotopic (exact) mass is 352 g/mol. The maximum absolute atomic E-state index is 12.4. The first kappa shape index (κ1) is 19.4. The molecular weight excluding hydrogens is 320 g/mol. The van der Waals surface area contributed by atoms with Crippen LogP contribution in [0.15, 0.2) is 30.3 Å². The lowest BCUT2D eigenvalue weighted by Crippen LogP contribution is -2.45. The van der Waals surface area contributed by atoms with Crippen molar-refractivity contribution in [2.45, 2.75) is 70.2 Å². The topological polar surface area (TPSA) is 49.4 Å². The number of piperidine rings is 1. The van der Waals surface area contributed by atoms with Gasteiger partial charge in [0.25, 0.3) is 0 Å². The Bertz CT molecular complexity index is 579. The van der Waals surface area contributed by atoms with Gasteiger partial charge in [-0.05, 0) is 58.6 Å². The highest BCUT2D eigenvalue weighted by Gasteiger charge is 2.24. The Hall–Kier alpha value is -0.910. The average Bonchev–Trinajstić information content (AvgIpc) is 2.54. The largest absolute Gasteiger partial charge is 0.298 e. The van der Waals surface area contributed by atoms with Crippen LogP contribution >= 0.6 is 0 Å². The number of nitrogens with zero attached hydrogens (tertiary/aromatic N) is 1. The second-order valence-corrected chi connectivity index (χ2v) is 9.34. The number of rotatable bonds is 8. The van der Waals surface area contributed by atoms with E-state index in [-0.39, 0.29) is 0 Å². The van der Waals surface area contributed by atoms with Crippen molar-refractivity contribution in [3.63, 3.8) is 0 Å². The third-order valence-electron chi connectivity index (χ3n) is 5.17. The molecular formula is C19H32N2O2S. The van der Waals surface area contributed by atoms with E-state index >= 15 is 0 Å². The van der Waals surface area contributed by atoms with Gasteiger partial charge in [0.05, 0.1) is 5.25 Å². The van der Waals surface area contributed by atoms with Crippen LogP contribution in [0.25, 0.3) is 0 Å². The molecule has 136 valence electrons. The minimum absolute atomic E-state index is 0.410.